The molecule has 0 fully saturated rings. The van der Waals surface area contributed by atoms with E-state index in [0.717, 1.165) is 18.7 Å². The summed E-state index contributed by atoms with van der Waals surface area (Å²) in [6.45, 7) is 17.2. The quantitative estimate of drug-likeness (QED) is 0.530. The number of aryl methyl sites for hydroxylation is 1. The van der Waals surface area contributed by atoms with Crippen LogP contribution in [0.15, 0.2) is 6.20 Å². The van der Waals surface area contributed by atoms with Crippen LogP contribution in [0.3, 0.4) is 0 Å². The second kappa shape index (κ2) is 19.1. The fraction of sp³-hybridized carbons (Fsp3) is 0.842. The van der Waals surface area contributed by atoms with E-state index >= 15 is 0 Å². The molecule has 25 heavy (non-hydrogen) atoms. The molecule has 1 heterocycles. The van der Waals surface area contributed by atoms with Crippen LogP contribution >= 0.6 is 0 Å². The number of carbonyl (C=O) groups excluding carboxylic acids is 1. The van der Waals surface area contributed by atoms with Crippen LogP contribution in [0.1, 0.15) is 67.0 Å². The first-order valence-corrected chi connectivity index (χ1v) is 9.70. The zero-order valence-corrected chi connectivity index (χ0v) is 17.4. The molecule has 0 unspecified atom stereocenters. The van der Waals surface area contributed by atoms with Gasteiger partial charge >= 0.3 is 0 Å². The average Bonchev–Trinajstić information content (AvgIpc) is 3.10. The van der Waals surface area contributed by atoms with Gasteiger partial charge in [0, 0.05) is 31.6 Å². The minimum absolute atomic E-state index is 0.0865. The van der Waals surface area contributed by atoms with Gasteiger partial charge in [-0.1, -0.05) is 53.7 Å². The second-order valence-electron chi connectivity index (χ2n) is 5.32. The Bertz CT molecular complexity index is 406. The monoisotopic (exact) mass is 357 g/mol. The SMILES string of the molecule is CC.CC.CCCOCCOCCn1cc(CCC(=O)C(C)C)nn1. The van der Waals surface area contributed by atoms with Crippen molar-refractivity contribution in [3.05, 3.63) is 11.9 Å². The molecular formula is C19H39N3O3. The van der Waals surface area contributed by atoms with Gasteiger partial charge < -0.3 is 9.47 Å². The predicted octanol–water partition coefficient (Wildman–Crippen LogP) is 3.93. The van der Waals surface area contributed by atoms with Crippen molar-refractivity contribution < 1.29 is 14.3 Å². The van der Waals surface area contributed by atoms with Crippen LogP contribution in [0.2, 0.25) is 0 Å². The molecule has 1 aromatic rings. The molecule has 148 valence electrons. The van der Waals surface area contributed by atoms with Crippen LogP contribution < -0.4 is 0 Å². The highest BCUT2D eigenvalue weighted by molar-refractivity contribution is 5.80. The Labute approximate surface area is 154 Å². The highest BCUT2D eigenvalue weighted by Gasteiger charge is 2.09. The summed E-state index contributed by atoms with van der Waals surface area (Å²) in [5.74, 6) is 0.350. The Morgan fingerprint density at radius 2 is 1.68 bits per heavy atom. The summed E-state index contributed by atoms with van der Waals surface area (Å²) in [5, 5.41) is 8.10. The van der Waals surface area contributed by atoms with Gasteiger partial charge in [0.15, 0.2) is 0 Å². The van der Waals surface area contributed by atoms with Crippen molar-refractivity contribution in [2.45, 2.75) is 74.3 Å². The van der Waals surface area contributed by atoms with Gasteiger partial charge in [-0.3, -0.25) is 4.79 Å². The lowest BCUT2D eigenvalue weighted by molar-refractivity contribution is -0.121. The highest BCUT2D eigenvalue weighted by Crippen LogP contribution is 2.04. The van der Waals surface area contributed by atoms with Crippen molar-refractivity contribution in [2.75, 3.05) is 26.4 Å². The third-order valence-electron chi connectivity index (χ3n) is 3.04. The third-order valence-corrected chi connectivity index (χ3v) is 3.04. The fourth-order valence-electron chi connectivity index (χ4n) is 1.73. The van der Waals surface area contributed by atoms with Gasteiger partial charge in [-0.2, -0.15) is 0 Å². The van der Waals surface area contributed by atoms with Crippen molar-refractivity contribution in [1.82, 2.24) is 15.0 Å². The zero-order valence-electron chi connectivity index (χ0n) is 17.4. The van der Waals surface area contributed by atoms with Crippen LogP contribution in [-0.4, -0.2) is 47.2 Å². The Hall–Kier alpha value is -1.27. The van der Waals surface area contributed by atoms with E-state index in [1.807, 2.05) is 47.7 Å². The molecule has 0 saturated carbocycles. The summed E-state index contributed by atoms with van der Waals surface area (Å²) in [6.07, 6.45) is 4.09. The van der Waals surface area contributed by atoms with Crippen LogP contribution in [0.25, 0.3) is 0 Å². The molecular weight excluding hydrogens is 318 g/mol. The molecule has 0 aliphatic rings. The fourth-order valence-corrected chi connectivity index (χ4v) is 1.73. The topological polar surface area (TPSA) is 66.2 Å². The number of aromatic nitrogens is 3. The summed E-state index contributed by atoms with van der Waals surface area (Å²) in [4.78, 5) is 11.6. The van der Waals surface area contributed by atoms with Crippen molar-refractivity contribution in [3.63, 3.8) is 0 Å². The van der Waals surface area contributed by atoms with Gasteiger partial charge in [-0.15, -0.1) is 5.10 Å². The van der Waals surface area contributed by atoms with Crippen LogP contribution in [-0.2, 0) is 27.2 Å². The maximum Gasteiger partial charge on any atom is 0.135 e. The van der Waals surface area contributed by atoms with Gasteiger partial charge in [0.1, 0.15) is 5.78 Å². The number of carbonyl (C=O) groups is 1. The van der Waals surface area contributed by atoms with Gasteiger partial charge in [0.25, 0.3) is 0 Å². The molecule has 0 amide bonds. The zero-order chi connectivity index (χ0) is 19.5. The van der Waals surface area contributed by atoms with Crippen molar-refractivity contribution >= 4 is 5.78 Å². The summed E-state index contributed by atoms with van der Waals surface area (Å²) in [7, 11) is 0. The third kappa shape index (κ3) is 14.8. The van der Waals surface area contributed by atoms with E-state index in [4.69, 9.17) is 9.47 Å². The Balaban J connectivity index is 0. The highest BCUT2D eigenvalue weighted by atomic mass is 16.5. The number of ketones is 1. The van der Waals surface area contributed by atoms with Gasteiger partial charge in [-0.05, 0) is 6.42 Å². The molecule has 0 radical (unpaired) electrons. The van der Waals surface area contributed by atoms with E-state index in [0.29, 0.717) is 39.2 Å². The van der Waals surface area contributed by atoms with E-state index in [9.17, 15) is 4.79 Å². The van der Waals surface area contributed by atoms with Crippen LogP contribution in [0, 0.1) is 5.92 Å². The van der Waals surface area contributed by atoms with E-state index in [1.54, 1.807) is 4.68 Å². The molecule has 0 aliphatic carbocycles. The largest absolute Gasteiger partial charge is 0.379 e. The summed E-state index contributed by atoms with van der Waals surface area (Å²) in [6, 6.07) is 0. The molecule has 0 saturated heterocycles. The second-order valence-corrected chi connectivity index (χ2v) is 5.32. The minimum atomic E-state index is 0.0865. The van der Waals surface area contributed by atoms with Gasteiger partial charge in [0.05, 0.1) is 32.1 Å². The first kappa shape index (κ1) is 26.0. The number of nitrogens with zero attached hydrogens (tertiary/aromatic N) is 3. The molecule has 0 aromatic carbocycles. The van der Waals surface area contributed by atoms with E-state index in [2.05, 4.69) is 17.2 Å². The number of hydrogen-bond acceptors (Lipinski definition) is 5. The van der Waals surface area contributed by atoms with Crippen molar-refractivity contribution in [1.29, 1.82) is 0 Å². The molecule has 6 nitrogen and oxygen atoms in total. The Morgan fingerprint density at radius 3 is 2.24 bits per heavy atom. The smallest absolute Gasteiger partial charge is 0.135 e. The predicted molar refractivity (Wildman–Crippen MR) is 103 cm³/mol. The lowest BCUT2D eigenvalue weighted by Crippen LogP contribution is -2.10. The van der Waals surface area contributed by atoms with E-state index < -0.39 is 0 Å². The number of Topliss-reactive ketones (excluding diaryl/α,β-unsaturated/α-hetero) is 1. The molecule has 0 spiro atoms. The number of hydrogen-bond donors (Lipinski definition) is 0. The molecule has 6 heteroatoms. The molecule has 1 aromatic heterocycles. The summed E-state index contributed by atoms with van der Waals surface area (Å²) >= 11 is 0. The number of ether oxygens (including phenoxy) is 2. The maximum atomic E-state index is 11.6. The summed E-state index contributed by atoms with van der Waals surface area (Å²) < 4.78 is 12.5. The minimum Gasteiger partial charge on any atom is -0.379 e. The van der Waals surface area contributed by atoms with Crippen molar-refractivity contribution in [3.8, 4) is 0 Å². The summed E-state index contributed by atoms with van der Waals surface area (Å²) in [5.41, 5.74) is 0.857. The standard InChI is InChI=1S/C15H27N3O3.2C2H6/c1-4-8-20-10-11-21-9-7-18-12-14(16-17-18)5-6-15(19)13(2)3;2*1-2/h12-13H,4-11H2,1-3H3;2*1-2H3. The Morgan fingerprint density at radius 1 is 1.08 bits per heavy atom. The average molecular weight is 358 g/mol. The molecule has 1 rings (SSSR count). The molecule has 0 aliphatic heterocycles. The molecule has 0 N–H and O–H groups in total. The lowest BCUT2D eigenvalue weighted by Gasteiger charge is -2.04. The Kier molecular flexibility index (Phi) is 19.8. The molecule has 0 atom stereocenters. The normalized spacial score (nSPS) is 9.92. The first-order chi connectivity index (χ1) is 12.1. The lowest BCUT2D eigenvalue weighted by atomic mass is 10.0. The van der Waals surface area contributed by atoms with Crippen LogP contribution in [0.4, 0.5) is 0 Å². The van der Waals surface area contributed by atoms with E-state index in [-0.39, 0.29) is 11.7 Å². The number of rotatable bonds is 12. The molecule has 0 bridgehead atoms. The van der Waals surface area contributed by atoms with Gasteiger partial charge in [0.2, 0.25) is 0 Å². The van der Waals surface area contributed by atoms with E-state index in [1.165, 1.54) is 0 Å². The first-order valence-electron chi connectivity index (χ1n) is 9.70. The maximum absolute atomic E-state index is 11.6. The van der Waals surface area contributed by atoms with Crippen molar-refractivity contribution in [2.24, 2.45) is 5.92 Å². The van der Waals surface area contributed by atoms with Gasteiger partial charge in [-0.25, -0.2) is 4.68 Å². The van der Waals surface area contributed by atoms with Crippen LogP contribution in [0.5, 0.6) is 0 Å².